The van der Waals surface area contributed by atoms with Gasteiger partial charge in [-0.15, -0.1) is 0 Å². The molecule has 0 radical (unpaired) electrons. The van der Waals surface area contributed by atoms with E-state index in [1.54, 1.807) is 20.8 Å². The Morgan fingerprint density at radius 1 is 1.18 bits per heavy atom. The second-order valence-electron chi connectivity index (χ2n) is 9.23. The zero-order valence-corrected chi connectivity index (χ0v) is 19.1. The largest absolute Gasteiger partial charge is 0.416 e. The topological polar surface area (TPSA) is 79.3 Å². The van der Waals surface area contributed by atoms with E-state index in [1.807, 2.05) is 11.9 Å². The minimum absolute atomic E-state index is 0.102. The molecule has 0 aliphatic carbocycles. The second-order valence-corrected chi connectivity index (χ2v) is 9.23. The molecular formula is C22H27F4N5O2. The Morgan fingerprint density at radius 2 is 1.85 bits per heavy atom. The van der Waals surface area contributed by atoms with Crippen LogP contribution < -0.4 is 10.6 Å². The van der Waals surface area contributed by atoms with Crippen molar-refractivity contribution in [3.8, 4) is 11.3 Å². The highest BCUT2D eigenvalue weighted by Gasteiger charge is 2.35. The van der Waals surface area contributed by atoms with E-state index in [2.05, 4.69) is 15.7 Å². The molecule has 2 amide bonds. The standard InChI is InChI=1S/C22H27F4N5O2/c1-21(2,3)18(19(32)27-4)28-20(33)31-16-8-9-30(5)11-14(16)17(29-31)13-7-6-12(10-15(13)23)22(24,25)26/h6-7,10,18H,8-9,11H2,1-5H3,(H,27,32)(H,28,33). The fourth-order valence-corrected chi connectivity index (χ4v) is 3.83. The van der Waals surface area contributed by atoms with Gasteiger partial charge in [0.15, 0.2) is 0 Å². The van der Waals surface area contributed by atoms with Crippen molar-refractivity contribution >= 4 is 11.9 Å². The summed E-state index contributed by atoms with van der Waals surface area (Å²) in [5, 5.41) is 9.50. The molecule has 0 spiro atoms. The maximum atomic E-state index is 14.7. The third kappa shape index (κ3) is 5.02. The molecule has 2 heterocycles. The molecule has 180 valence electrons. The van der Waals surface area contributed by atoms with Crippen LogP contribution in [-0.2, 0) is 23.9 Å². The van der Waals surface area contributed by atoms with E-state index in [0.29, 0.717) is 36.8 Å². The summed E-state index contributed by atoms with van der Waals surface area (Å²) < 4.78 is 54.7. The van der Waals surface area contributed by atoms with E-state index >= 15 is 0 Å². The van der Waals surface area contributed by atoms with Crippen molar-refractivity contribution in [1.29, 1.82) is 0 Å². The number of halogens is 4. The van der Waals surface area contributed by atoms with E-state index in [0.717, 1.165) is 16.8 Å². The van der Waals surface area contributed by atoms with Crippen LogP contribution >= 0.6 is 0 Å². The molecule has 1 aromatic carbocycles. The fourth-order valence-electron chi connectivity index (χ4n) is 3.83. The minimum atomic E-state index is -4.68. The van der Waals surface area contributed by atoms with Gasteiger partial charge in [-0.3, -0.25) is 4.79 Å². The summed E-state index contributed by atoms with van der Waals surface area (Å²) in [7, 11) is 3.30. The third-order valence-electron chi connectivity index (χ3n) is 5.63. The number of hydrogen-bond acceptors (Lipinski definition) is 4. The number of fused-ring (bicyclic) bond motifs is 1. The molecule has 2 aromatic rings. The Morgan fingerprint density at radius 3 is 2.39 bits per heavy atom. The average molecular weight is 469 g/mol. The molecule has 3 rings (SSSR count). The Bertz CT molecular complexity index is 1070. The molecule has 0 saturated carbocycles. The zero-order valence-electron chi connectivity index (χ0n) is 19.1. The van der Waals surface area contributed by atoms with E-state index < -0.39 is 35.0 Å². The van der Waals surface area contributed by atoms with Crippen LogP contribution in [0.1, 0.15) is 37.6 Å². The van der Waals surface area contributed by atoms with Gasteiger partial charge in [-0.2, -0.15) is 23.0 Å². The molecule has 0 fully saturated rings. The predicted molar refractivity (Wildman–Crippen MR) is 114 cm³/mol. The lowest BCUT2D eigenvalue weighted by atomic mass is 9.86. The van der Waals surface area contributed by atoms with Gasteiger partial charge in [0, 0.05) is 37.7 Å². The summed E-state index contributed by atoms with van der Waals surface area (Å²) in [5.74, 6) is -1.46. The molecule has 1 unspecified atom stereocenters. The normalized spacial score (nSPS) is 15.7. The van der Waals surface area contributed by atoms with E-state index in [9.17, 15) is 27.2 Å². The van der Waals surface area contributed by atoms with Crippen LogP contribution in [-0.4, -0.2) is 53.3 Å². The SMILES string of the molecule is CNC(=O)C(NC(=O)n1nc(-c2ccc(C(F)(F)F)cc2F)c2c1CCN(C)C2)C(C)(C)C. The number of aromatic nitrogens is 2. The first-order chi connectivity index (χ1) is 15.2. The Kier molecular flexibility index (Phi) is 6.56. The fraction of sp³-hybridized carbons (Fsp3) is 0.500. The lowest BCUT2D eigenvalue weighted by Gasteiger charge is -2.30. The number of hydrogen-bond donors (Lipinski definition) is 2. The van der Waals surface area contributed by atoms with Gasteiger partial charge in [0.05, 0.1) is 11.3 Å². The van der Waals surface area contributed by atoms with Gasteiger partial charge < -0.3 is 15.5 Å². The number of benzene rings is 1. The van der Waals surface area contributed by atoms with Gasteiger partial charge in [0.2, 0.25) is 5.91 Å². The number of rotatable bonds is 3. The first-order valence-corrected chi connectivity index (χ1v) is 10.4. The number of carbonyl (C=O) groups is 2. The van der Waals surface area contributed by atoms with E-state index in [-0.39, 0.29) is 17.2 Å². The summed E-state index contributed by atoms with van der Waals surface area (Å²) in [6.07, 6.45) is -4.26. The quantitative estimate of drug-likeness (QED) is 0.676. The highest BCUT2D eigenvalue weighted by Crippen LogP contribution is 2.35. The molecule has 7 nitrogen and oxygen atoms in total. The number of carbonyl (C=O) groups excluding carboxylic acids is 2. The number of amides is 2. The molecule has 0 bridgehead atoms. The first-order valence-electron chi connectivity index (χ1n) is 10.4. The summed E-state index contributed by atoms with van der Waals surface area (Å²) in [6, 6.07) is 0.706. The summed E-state index contributed by atoms with van der Waals surface area (Å²) >= 11 is 0. The van der Waals surface area contributed by atoms with E-state index in [1.165, 1.54) is 7.05 Å². The molecule has 1 aliphatic rings. The van der Waals surface area contributed by atoms with Gasteiger partial charge >= 0.3 is 12.2 Å². The molecule has 1 atom stereocenters. The third-order valence-corrected chi connectivity index (χ3v) is 5.63. The molecule has 2 N–H and O–H groups in total. The highest BCUT2D eigenvalue weighted by molar-refractivity contribution is 5.88. The van der Waals surface area contributed by atoms with Crippen LogP contribution in [0.5, 0.6) is 0 Å². The smallest absolute Gasteiger partial charge is 0.357 e. The molecule has 1 aromatic heterocycles. The predicted octanol–water partition coefficient (Wildman–Crippen LogP) is 3.41. The van der Waals surface area contributed by atoms with Crippen molar-refractivity contribution < 1.29 is 27.2 Å². The van der Waals surface area contributed by atoms with Crippen molar-refractivity contribution in [3.63, 3.8) is 0 Å². The van der Waals surface area contributed by atoms with Gasteiger partial charge in [-0.1, -0.05) is 20.8 Å². The zero-order chi connectivity index (χ0) is 24.7. The van der Waals surface area contributed by atoms with Gasteiger partial charge in [0.25, 0.3) is 0 Å². The molecule has 0 saturated heterocycles. The maximum absolute atomic E-state index is 14.7. The molecule has 1 aliphatic heterocycles. The Balaban J connectivity index is 2.07. The van der Waals surface area contributed by atoms with Crippen LogP contribution in [0.25, 0.3) is 11.3 Å². The van der Waals surface area contributed by atoms with Crippen LogP contribution in [0.2, 0.25) is 0 Å². The molecule has 11 heteroatoms. The number of alkyl halides is 3. The summed E-state index contributed by atoms with van der Waals surface area (Å²) in [6.45, 7) is 6.34. The lowest BCUT2D eigenvalue weighted by molar-refractivity contribution is -0.137. The Labute approximate surface area is 189 Å². The number of nitrogens with zero attached hydrogens (tertiary/aromatic N) is 3. The Hall–Kier alpha value is -2.95. The average Bonchev–Trinajstić information content (AvgIpc) is 3.08. The van der Waals surface area contributed by atoms with Crippen LogP contribution in [0.4, 0.5) is 22.4 Å². The second kappa shape index (κ2) is 8.77. The van der Waals surface area contributed by atoms with Crippen molar-refractivity contribution in [2.45, 2.75) is 46.0 Å². The monoisotopic (exact) mass is 469 g/mol. The molecular weight excluding hydrogens is 442 g/mol. The van der Waals surface area contributed by atoms with Crippen LogP contribution in [0, 0.1) is 11.2 Å². The van der Waals surface area contributed by atoms with Crippen molar-refractivity contribution in [2.24, 2.45) is 5.41 Å². The van der Waals surface area contributed by atoms with Crippen molar-refractivity contribution in [2.75, 3.05) is 20.6 Å². The number of nitrogens with one attached hydrogen (secondary N) is 2. The van der Waals surface area contributed by atoms with Crippen molar-refractivity contribution in [1.82, 2.24) is 25.3 Å². The van der Waals surface area contributed by atoms with Crippen LogP contribution in [0.3, 0.4) is 0 Å². The van der Waals surface area contributed by atoms with Gasteiger partial charge in [-0.25, -0.2) is 9.18 Å². The van der Waals surface area contributed by atoms with E-state index in [4.69, 9.17) is 0 Å². The van der Waals surface area contributed by atoms with Crippen molar-refractivity contribution in [3.05, 3.63) is 40.8 Å². The summed E-state index contributed by atoms with van der Waals surface area (Å²) in [4.78, 5) is 27.4. The van der Waals surface area contributed by atoms with Gasteiger partial charge in [-0.05, 0) is 30.7 Å². The lowest BCUT2D eigenvalue weighted by Crippen LogP contribution is -2.54. The first kappa shape index (κ1) is 24.7. The highest BCUT2D eigenvalue weighted by atomic mass is 19.4. The van der Waals surface area contributed by atoms with Gasteiger partial charge in [0.1, 0.15) is 17.6 Å². The van der Waals surface area contributed by atoms with Crippen LogP contribution in [0.15, 0.2) is 18.2 Å². The maximum Gasteiger partial charge on any atom is 0.416 e. The summed E-state index contributed by atoms with van der Waals surface area (Å²) in [5.41, 5.74) is -0.643. The minimum Gasteiger partial charge on any atom is -0.357 e. The number of likely N-dealkylation sites (N-methyl/N-ethyl adjacent to an activating group) is 2. The molecule has 33 heavy (non-hydrogen) atoms.